The van der Waals surface area contributed by atoms with E-state index in [1.54, 1.807) is 34.3 Å². The quantitative estimate of drug-likeness (QED) is 0.837. The van der Waals surface area contributed by atoms with Crippen molar-refractivity contribution in [2.75, 3.05) is 6.54 Å². The van der Waals surface area contributed by atoms with Crippen LogP contribution in [-0.4, -0.2) is 34.2 Å². The highest BCUT2D eigenvalue weighted by Crippen LogP contribution is 2.22. The van der Waals surface area contributed by atoms with E-state index < -0.39 is 6.04 Å². The normalized spacial score (nSPS) is 18.2. The van der Waals surface area contributed by atoms with Gasteiger partial charge in [0.1, 0.15) is 6.04 Å². The number of hydrogen-bond donors (Lipinski definition) is 0. The number of benzene rings is 1. The number of carbonyl (C=O) groups excluding carboxylic acids is 2. The van der Waals surface area contributed by atoms with Crippen LogP contribution in [0.5, 0.6) is 0 Å². The van der Waals surface area contributed by atoms with Crippen LogP contribution >= 0.6 is 0 Å². The Balaban J connectivity index is 2.26. The smallest absolute Gasteiger partial charge is 0.258 e. The summed E-state index contributed by atoms with van der Waals surface area (Å²) in [6.45, 7) is 6.77. The molecule has 1 aliphatic heterocycles. The monoisotopic (exact) mass is 300 g/mol. The number of unbranched alkanes of at least 4 members (excludes halogenated alkanes) is 1. The first kappa shape index (κ1) is 16.3. The molecule has 1 atom stereocenters. The average molecular weight is 300 g/mol. The van der Waals surface area contributed by atoms with Crippen molar-refractivity contribution in [1.29, 1.82) is 0 Å². The molecule has 0 fully saturated rings. The van der Waals surface area contributed by atoms with Crippen LogP contribution in [0.2, 0.25) is 0 Å². The second-order valence-electron chi connectivity index (χ2n) is 5.95. The van der Waals surface area contributed by atoms with Gasteiger partial charge >= 0.3 is 0 Å². The molecule has 0 aliphatic carbocycles. The third-order valence-corrected chi connectivity index (χ3v) is 3.88. The Labute approximate surface area is 132 Å². The Hall–Kier alpha value is -2.10. The highest BCUT2D eigenvalue weighted by Gasteiger charge is 2.36. The minimum Gasteiger partial charge on any atom is -0.316 e. The van der Waals surface area contributed by atoms with Gasteiger partial charge in [-0.15, -0.1) is 0 Å². The third kappa shape index (κ3) is 3.38. The van der Waals surface area contributed by atoms with Crippen LogP contribution < -0.4 is 0 Å². The minimum atomic E-state index is -0.436. The molecule has 1 unspecified atom stereocenters. The zero-order valence-electron chi connectivity index (χ0n) is 13.5. The van der Waals surface area contributed by atoms with Crippen LogP contribution in [0.1, 0.15) is 44.0 Å². The van der Waals surface area contributed by atoms with Gasteiger partial charge in [-0.2, -0.15) is 0 Å². The number of amides is 2. The molecular formula is C18H24N2O2. The maximum absolute atomic E-state index is 12.7. The average Bonchev–Trinajstić information content (AvgIpc) is 2.53. The molecule has 118 valence electrons. The molecule has 1 aromatic rings. The first-order chi connectivity index (χ1) is 10.6. The molecule has 0 saturated carbocycles. The van der Waals surface area contributed by atoms with E-state index in [1.807, 2.05) is 32.0 Å². The summed E-state index contributed by atoms with van der Waals surface area (Å²) in [5.74, 6) is -0.0523. The van der Waals surface area contributed by atoms with Gasteiger partial charge in [0, 0.05) is 24.5 Å². The van der Waals surface area contributed by atoms with Crippen LogP contribution in [0, 0.1) is 5.92 Å². The lowest BCUT2D eigenvalue weighted by atomic mass is 9.98. The zero-order chi connectivity index (χ0) is 16.1. The van der Waals surface area contributed by atoms with Crippen LogP contribution in [-0.2, 0) is 4.79 Å². The van der Waals surface area contributed by atoms with Crippen molar-refractivity contribution in [3.63, 3.8) is 0 Å². The first-order valence-corrected chi connectivity index (χ1v) is 7.92. The lowest BCUT2D eigenvalue weighted by Crippen LogP contribution is -2.53. The Morgan fingerprint density at radius 1 is 1.18 bits per heavy atom. The molecule has 4 nitrogen and oxygen atoms in total. The van der Waals surface area contributed by atoms with Crippen LogP contribution in [0.4, 0.5) is 0 Å². The van der Waals surface area contributed by atoms with Crippen molar-refractivity contribution in [1.82, 2.24) is 9.80 Å². The van der Waals surface area contributed by atoms with E-state index in [0.29, 0.717) is 12.1 Å². The first-order valence-electron chi connectivity index (χ1n) is 7.92. The number of carbonyl (C=O) groups is 2. The summed E-state index contributed by atoms with van der Waals surface area (Å²) in [5, 5.41) is 0. The fourth-order valence-electron chi connectivity index (χ4n) is 2.65. The molecule has 0 N–H and O–H groups in total. The SMILES string of the molecule is CCCCN1C=CN(C(=O)c2ccccc2)C(C(C)C)C1=O. The molecule has 1 heterocycles. The molecule has 2 amide bonds. The summed E-state index contributed by atoms with van der Waals surface area (Å²) < 4.78 is 0. The van der Waals surface area contributed by atoms with Crippen molar-refractivity contribution >= 4 is 11.8 Å². The van der Waals surface area contributed by atoms with Crippen molar-refractivity contribution < 1.29 is 9.59 Å². The fraction of sp³-hybridized carbons (Fsp3) is 0.444. The van der Waals surface area contributed by atoms with Gasteiger partial charge in [0.2, 0.25) is 5.91 Å². The lowest BCUT2D eigenvalue weighted by molar-refractivity contribution is -0.135. The highest BCUT2D eigenvalue weighted by atomic mass is 16.2. The zero-order valence-corrected chi connectivity index (χ0v) is 13.5. The Bertz CT molecular complexity index is 551. The van der Waals surface area contributed by atoms with E-state index in [4.69, 9.17) is 0 Å². The number of nitrogens with zero attached hydrogens (tertiary/aromatic N) is 2. The molecule has 0 saturated heterocycles. The summed E-state index contributed by atoms with van der Waals surface area (Å²) in [4.78, 5) is 28.7. The molecule has 0 radical (unpaired) electrons. The van der Waals surface area contributed by atoms with E-state index in [2.05, 4.69) is 6.92 Å². The summed E-state index contributed by atoms with van der Waals surface area (Å²) in [6.07, 6.45) is 5.49. The third-order valence-electron chi connectivity index (χ3n) is 3.88. The molecular weight excluding hydrogens is 276 g/mol. The van der Waals surface area contributed by atoms with E-state index in [1.165, 1.54) is 0 Å². The molecule has 0 bridgehead atoms. The van der Waals surface area contributed by atoms with Gasteiger partial charge < -0.3 is 9.80 Å². The van der Waals surface area contributed by atoms with Crippen LogP contribution in [0.25, 0.3) is 0 Å². The van der Waals surface area contributed by atoms with Crippen molar-refractivity contribution in [3.8, 4) is 0 Å². The number of rotatable bonds is 5. The Morgan fingerprint density at radius 2 is 1.86 bits per heavy atom. The summed E-state index contributed by atoms with van der Waals surface area (Å²) in [6, 6.07) is 8.67. The predicted molar refractivity (Wildman–Crippen MR) is 87.0 cm³/mol. The molecule has 4 heteroatoms. The minimum absolute atomic E-state index is 0.00947. The van der Waals surface area contributed by atoms with E-state index in [0.717, 1.165) is 12.8 Å². The molecule has 2 rings (SSSR count). The second-order valence-corrected chi connectivity index (χ2v) is 5.95. The highest BCUT2D eigenvalue weighted by molar-refractivity contribution is 5.99. The van der Waals surface area contributed by atoms with Crippen molar-refractivity contribution in [2.45, 2.75) is 39.7 Å². The maximum Gasteiger partial charge on any atom is 0.258 e. The molecule has 0 aromatic heterocycles. The van der Waals surface area contributed by atoms with Gasteiger partial charge in [0.25, 0.3) is 5.91 Å². The summed E-state index contributed by atoms with van der Waals surface area (Å²) >= 11 is 0. The number of hydrogen-bond acceptors (Lipinski definition) is 2. The van der Waals surface area contributed by atoms with Crippen LogP contribution in [0.15, 0.2) is 42.7 Å². The second kappa shape index (κ2) is 7.25. The Kier molecular flexibility index (Phi) is 5.36. The van der Waals surface area contributed by atoms with Crippen molar-refractivity contribution in [2.24, 2.45) is 5.92 Å². The standard InChI is InChI=1S/C18H24N2O2/c1-4-5-11-19-12-13-20(16(14(2)3)18(19)22)17(21)15-9-7-6-8-10-15/h6-10,12-14,16H,4-5,11H2,1-3H3. The van der Waals surface area contributed by atoms with Gasteiger partial charge in [-0.1, -0.05) is 45.4 Å². The fourth-order valence-corrected chi connectivity index (χ4v) is 2.65. The molecule has 1 aromatic carbocycles. The predicted octanol–water partition coefficient (Wildman–Crippen LogP) is 3.27. The van der Waals surface area contributed by atoms with Gasteiger partial charge in [0.15, 0.2) is 0 Å². The van der Waals surface area contributed by atoms with Crippen LogP contribution in [0.3, 0.4) is 0 Å². The van der Waals surface area contributed by atoms with Crippen molar-refractivity contribution in [3.05, 3.63) is 48.3 Å². The van der Waals surface area contributed by atoms with E-state index in [-0.39, 0.29) is 17.7 Å². The summed E-state index contributed by atoms with van der Waals surface area (Å²) in [5.41, 5.74) is 0.604. The molecule has 1 aliphatic rings. The Morgan fingerprint density at radius 3 is 2.45 bits per heavy atom. The maximum atomic E-state index is 12.7. The van der Waals surface area contributed by atoms with Gasteiger partial charge in [-0.25, -0.2) is 0 Å². The topological polar surface area (TPSA) is 40.6 Å². The lowest BCUT2D eigenvalue weighted by Gasteiger charge is -2.37. The van der Waals surface area contributed by atoms with E-state index >= 15 is 0 Å². The summed E-state index contributed by atoms with van der Waals surface area (Å²) in [7, 11) is 0. The largest absolute Gasteiger partial charge is 0.316 e. The molecule has 0 spiro atoms. The van der Waals surface area contributed by atoms with Gasteiger partial charge in [-0.3, -0.25) is 9.59 Å². The van der Waals surface area contributed by atoms with Gasteiger partial charge in [0.05, 0.1) is 0 Å². The molecule has 22 heavy (non-hydrogen) atoms. The van der Waals surface area contributed by atoms with E-state index in [9.17, 15) is 9.59 Å². The van der Waals surface area contributed by atoms with Gasteiger partial charge in [-0.05, 0) is 24.5 Å².